The number of carbonyl (C=O) groups excluding carboxylic acids is 1. The molecule has 0 radical (unpaired) electrons. The van der Waals surface area contributed by atoms with E-state index in [0.717, 1.165) is 17.9 Å². The lowest BCUT2D eigenvalue weighted by atomic mass is 10.1. The van der Waals surface area contributed by atoms with Gasteiger partial charge in [0.05, 0.1) is 7.11 Å². The summed E-state index contributed by atoms with van der Waals surface area (Å²) < 4.78 is 5.21. The molecule has 0 saturated carbocycles. The Bertz CT molecular complexity index is 405. The summed E-state index contributed by atoms with van der Waals surface area (Å²) >= 11 is 0. The predicted molar refractivity (Wildman–Crippen MR) is 73.2 cm³/mol. The number of likely N-dealkylation sites (N-methyl/N-ethyl adjacent to an activating group) is 1. The molecule has 0 bridgehead atoms. The van der Waals surface area contributed by atoms with Crippen LogP contribution >= 0.6 is 0 Å². The number of ether oxygens (including phenoxy) is 1. The van der Waals surface area contributed by atoms with Crippen LogP contribution in [0.2, 0.25) is 0 Å². The van der Waals surface area contributed by atoms with Crippen molar-refractivity contribution in [1.82, 2.24) is 10.6 Å². The van der Waals surface area contributed by atoms with E-state index in [2.05, 4.69) is 10.6 Å². The molecule has 1 aromatic rings. The quantitative estimate of drug-likeness (QED) is 0.808. The van der Waals surface area contributed by atoms with Gasteiger partial charge in [0.2, 0.25) is 0 Å². The van der Waals surface area contributed by atoms with Crippen molar-refractivity contribution < 1.29 is 9.53 Å². The Morgan fingerprint density at radius 2 is 2.17 bits per heavy atom. The molecule has 1 aromatic carbocycles. The summed E-state index contributed by atoms with van der Waals surface area (Å²) in [6, 6.07) is 5.74. The Hall–Kier alpha value is -1.55. The Morgan fingerprint density at radius 3 is 2.78 bits per heavy atom. The van der Waals surface area contributed by atoms with E-state index in [0.29, 0.717) is 12.1 Å². The highest BCUT2D eigenvalue weighted by atomic mass is 16.5. The van der Waals surface area contributed by atoms with E-state index in [4.69, 9.17) is 4.74 Å². The van der Waals surface area contributed by atoms with Gasteiger partial charge in [0, 0.05) is 18.2 Å². The summed E-state index contributed by atoms with van der Waals surface area (Å²) in [5.41, 5.74) is 1.65. The number of amides is 1. The molecule has 18 heavy (non-hydrogen) atoms. The van der Waals surface area contributed by atoms with Gasteiger partial charge < -0.3 is 15.4 Å². The van der Waals surface area contributed by atoms with Crippen LogP contribution in [0, 0.1) is 6.92 Å². The molecule has 0 aromatic heterocycles. The number of rotatable bonds is 6. The number of nitrogens with one attached hydrogen (secondary N) is 2. The Kier molecular flexibility index (Phi) is 5.65. The zero-order chi connectivity index (χ0) is 13.5. The van der Waals surface area contributed by atoms with E-state index in [9.17, 15) is 4.79 Å². The second-order valence-electron chi connectivity index (χ2n) is 4.35. The maximum atomic E-state index is 11.9. The Balaban J connectivity index is 2.61. The second-order valence-corrected chi connectivity index (χ2v) is 4.35. The first-order valence-corrected chi connectivity index (χ1v) is 6.24. The van der Waals surface area contributed by atoms with E-state index in [1.807, 2.05) is 32.9 Å². The summed E-state index contributed by atoms with van der Waals surface area (Å²) in [6.45, 7) is 7.55. The molecule has 0 aliphatic carbocycles. The minimum atomic E-state index is -0.0712. The van der Waals surface area contributed by atoms with Crippen LogP contribution < -0.4 is 15.4 Å². The van der Waals surface area contributed by atoms with Crippen molar-refractivity contribution in [2.45, 2.75) is 26.8 Å². The molecule has 4 heteroatoms. The molecule has 0 unspecified atom stereocenters. The predicted octanol–water partition coefficient (Wildman–Crippen LogP) is 1.73. The Labute approximate surface area is 109 Å². The van der Waals surface area contributed by atoms with Crippen LogP contribution in [0.5, 0.6) is 5.75 Å². The van der Waals surface area contributed by atoms with Crippen LogP contribution in [-0.2, 0) is 0 Å². The zero-order valence-electron chi connectivity index (χ0n) is 11.5. The molecule has 100 valence electrons. The van der Waals surface area contributed by atoms with Gasteiger partial charge in [0.1, 0.15) is 5.75 Å². The lowest BCUT2D eigenvalue weighted by molar-refractivity contribution is 0.0950. The number of aryl methyl sites for hydroxylation is 1. The third kappa shape index (κ3) is 4.04. The second kappa shape index (κ2) is 7.01. The number of benzene rings is 1. The van der Waals surface area contributed by atoms with E-state index >= 15 is 0 Å². The van der Waals surface area contributed by atoms with Gasteiger partial charge in [-0.25, -0.2) is 0 Å². The topological polar surface area (TPSA) is 50.4 Å². The minimum Gasteiger partial charge on any atom is -0.496 e. The van der Waals surface area contributed by atoms with Crippen molar-refractivity contribution in [1.29, 1.82) is 0 Å². The lowest BCUT2D eigenvalue weighted by Crippen LogP contribution is -2.38. The number of methoxy groups -OCH3 is 1. The van der Waals surface area contributed by atoms with Gasteiger partial charge in [0.15, 0.2) is 0 Å². The Morgan fingerprint density at radius 1 is 1.44 bits per heavy atom. The SMILES string of the molecule is CCN[C@H](C)CNC(=O)c1ccc(C)c(OC)c1. The normalized spacial score (nSPS) is 12.0. The number of hydrogen-bond donors (Lipinski definition) is 2. The van der Waals surface area contributed by atoms with Gasteiger partial charge >= 0.3 is 0 Å². The van der Waals surface area contributed by atoms with Gasteiger partial charge in [-0.15, -0.1) is 0 Å². The maximum Gasteiger partial charge on any atom is 0.251 e. The van der Waals surface area contributed by atoms with Gasteiger partial charge in [-0.2, -0.15) is 0 Å². The first kappa shape index (κ1) is 14.5. The van der Waals surface area contributed by atoms with E-state index in [1.54, 1.807) is 13.2 Å². The monoisotopic (exact) mass is 250 g/mol. The maximum absolute atomic E-state index is 11.9. The number of hydrogen-bond acceptors (Lipinski definition) is 3. The molecule has 0 saturated heterocycles. The molecular formula is C14H22N2O2. The molecule has 4 nitrogen and oxygen atoms in total. The largest absolute Gasteiger partial charge is 0.496 e. The minimum absolute atomic E-state index is 0.0712. The summed E-state index contributed by atoms with van der Waals surface area (Å²) in [5.74, 6) is 0.667. The highest BCUT2D eigenvalue weighted by Gasteiger charge is 2.09. The first-order valence-electron chi connectivity index (χ1n) is 6.24. The molecule has 0 fully saturated rings. The fourth-order valence-corrected chi connectivity index (χ4v) is 1.73. The average Bonchev–Trinajstić information content (AvgIpc) is 2.37. The van der Waals surface area contributed by atoms with Crippen LogP contribution in [0.1, 0.15) is 29.8 Å². The molecule has 0 heterocycles. The third-order valence-corrected chi connectivity index (χ3v) is 2.79. The van der Waals surface area contributed by atoms with Gasteiger partial charge in [-0.3, -0.25) is 4.79 Å². The molecule has 0 aliphatic heterocycles. The van der Waals surface area contributed by atoms with Crippen LogP contribution in [0.4, 0.5) is 0 Å². The zero-order valence-corrected chi connectivity index (χ0v) is 11.5. The lowest BCUT2D eigenvalue weighted by Gasteiger charge is -2.13. The summed E-state index contributed by atoms with van der Waals surface area (Å²) in [5, 5.41) is 6.14. The van der Waals surface area contributed by atoms with Crippen LogP contribution in [0.3, 0.4) is 0 Å². The van der Waals surface area contributed by atoms with E-state index in [1.165, 1.54) is 0 Å². The highest BCUT2D eigenvalue weighted by molar-refractivity contribution is 5.94. The molecule has 1 rings (SSSR count). The molecule has 1 atom stereocenters. The fourth-order valence-electron chi connectivity index (χ4n) is 1.73. The smallest absolute Gasteiger partial charge is 0.251 e. The number of carbonyl (C=O) groups is 1. The average molecular weight is 250 g/mol. The molecule has 0 aliphatic rings. The van der Waals surface area contributed by atoms with Crippen molar-refractivity contribution in [3.05, 3.63) is 29.3 Å². The van der Waals surface area contributed by atoms with Crippen molar-refractivity contribution in [3.8, 4) is 5.75 Å². The fraction of sp³-hybridized carbons (Fsp3) is 0.500. The molecular weight excluding hydrogens is 228 g/mol. The third-order valence-electron chi connectivity index (χ3n) is 2.79. The van der Waals surface area contributed by atoms with E-state index in [-0.39, 0.29) is 11.9 Å². The summed E-state index contributed by atoms with van der Waals surface area (Å²) in [7, 11) is 1.61. The van der Waals surface area contributed by atoms with Crippen LogP contribution in [0.15, 0.2) is 18.2 Å². The van der Waals surface area contributed by atoms with Gasteiger partial charge in [-0.05, 0) is 38.1 Å². The standard InChI is InChI=1S/C14H22N2O2/c1-5-15-11(3)9-16-14(17)12-7-6-10(2)13(8-12)18-4/h6-8,11,15H,5,9H2,1-4H3,(H,16,17)/t11-/m1/s1. The summed E-state index contributed by atoms with van der Waals surface area (Å²) in [4.78, 5) is 11.9. The van der Waals surface area contributed by atoms with Crippen molar-refractivity contribution >= 4 is 5.91 Å². The molecule has 2 N–H and O–H groups in total. The van der Waals surface area contributed by atoms with Gasteiger partial charge in [-0.1, -0.05) is 13.0 Å². The molecule has 0 spiro atoms. The van der Waals surface area contributed by atoms with Crippen LogP contribution in [-0.4, -0.2) is 32.1 Å². The molecule has 1 amide bonds. The van der Waals surface area contributed by atoms with Crippen molar-refractivity contribution in [2.24, 2.45) is 0 Å². The van der Waals surface area contributed by atoms with Crippen LogP contribution in [0.25, 0.3) is 0 Å². The summed E-state index contributed by atoms with van der Waals surface area (Å²) in [6.07, 6.45) is 0. The van der Waals surface area contributed by atoms with E-state index < -0.39 is 0 Å². The van der Waals surface area contributed by atoms with Crippen molar-refractivity contribution in [3.63, 3.8) is 0 Å². The van der Waals surface area contributed by atoms with Gasteiger partial charge in [0.25, 0.3) is 5.91 Å². The van der Waals surface area contributed by atoms with Crippen molar-refractivity contribution in [2.75, 3.05) is 20.2 Å². The highest BCUT2D eigenvalue weighted by Crippen LogP contribution is 2.18. The first-order chi connectivity index (χ1) is 8.58.